The van der Waals surface area contributed by atoms with Crippen LogP contribution < -0.4 is 5.32 Å². The van der Waals surface area contributed by atoms with Gasteiger partial charge < -0.3 is 5.32 Å². The number of fused-ring (bicyclic) bond motifs is 2. The molecule has 2 aromatic heterocycles. The molecule has 20 heavy (non-hydrogen) atoms. The SMILES string of the molecule is CC(C)(C)C1CCc2nc3sc(NC=O)nc3cc2C1. The number of thiazole rings is 1. The first-order chi connectivity index (χ1) is 9.47. The molecule has 0 saturated heterocycles. The number of rotatable bonds is 2. The van der Waals surface area contributed by atoms with Gasteiger partial charge in [-0.15, -0.1) is 0 Å². The number of aryl methyl sites for hydroxylation is 1. The van der Waals surface area contributed by atoms with Crippen molar-refractivity contribution in [2.45, 2.75) is 40.0 Å². The Hall–Kier alpha value is -1.49. The van der Waals surface area contributed by atoms with Gasteiger partial charge in [0.25, 0.3) is 0 Å². The molecule has 1 aliphatic carbocycles. The number of carbonyl (C=O) groups excluding carboxylic acids is 1. The van der Waals surface area contributed by atoms with Gasteiger partial charge in [0, 0.05) is 5.69 Å². The summed E-state index contributed by atoms with van der Waals surface area (Å²) in [6, 6.07) is 2.15. The minimum absolute atomic E-state index is 0.332. The Balaban J connectivity index is 1.98. The summed E-state index contributed by atoms with van der Waals surface area (Å²) in [7, 11) is 0. The van der Waals surface area contributed by atoms with E-state index < -0.39 is 0 Å². The Morgan fingerprint density at radius 1 is 1.40 bits per heavy atom. The van der Waals surface area contributed by atoms with Crippen LogP contribution in [0.2, 0.25) is 0 Å². The number of hydrogen-bond donors (Lipinski definition) is 1. The lowest BCUT2D eigenvalue weighted by Gasteiger charge is -2.34. The molecule has 0 bridgehead atoms. The summed E-state index contributed by atoms with van der Waals surface area (Å²) in [4.78, 5) is 20.6. The van der Waals surface area contributed by atoms with E-state index in [0.717, 1.165) is 23.2 Å². The van der Waals surface area contributed by atoms with Crippen molar-refractivity contribution >= 4 is 33.2 Å². The highest BCUT2D eigenvalue weighted by Gasteiger charge is 2.29. The quantitative estimate of drug-likeness (QED) is 0.862. The van der Waals surface area contributed by atoms with Crippen molar-refractivity contribution in [3.05, 3.63) is 17.3 Å². The molecular formula is C15H19N3OS. The van der Waals surface area contributed by atoms with Crippen LogP contribution in [0, 0.1) is 11.3 Å². The molecule has 4 nitrogen and oxygen atoms in total. The lowest BCUT2D eigenvalue weighted by atomic mass is 9.71. The second-order valence-corrected chi connectivity index (χ2v) is 7.48. The van der Waals surface area contributed by atoms with Gasteiger partial charge in [0.15, 0.2) is 5.13 Å². The van der Waals surface area contributed by atoms with Gasteiger partial charge in [0.1, 0.15) is 10.3 Å². The van der Waals surface area contributed by atoms with Gasteiger partial charge in [-0.25, -0.2) is 9.97 Å². The predicted octanol–water partition coefficient (Wildman–Crippen LogP) is 3.41. The summed E-state index contributed by atoms with van der Waals surface area (Å²) in [5, 5.41) is 3.23. The van der Waals surface area contributed by atoms with Gasteiger partial charge in [-0.05, 0) is 42.2 Å². The minimum Gasteiger partial charge on any atom is -0.305 e. The summed E-state index contributed by atoms with van der Waals surface area (Å²) in [6.07, 6.45) is 3.98. The second kappa shape index (κ2) is 4.81. The third-order valence-corrected chi connectivity index (χ3v) is 5.05. The molecule has 1 unspecified atom stereocenters. The maximum atomic E-state index is 10.5. The fourth-order valence-corrected chi connectivity index (χ4v) is 3.66. The molecule has 3 rings (SSSR count). The number of amides is 1. The van der Waals surface area contributed by atoms with Gasteiger partial charge in [-0.3, -0.25) is 4.79 Å². The maximum absolute atomic E-state index is 10.5. The smallest absolute Gasteiger partial charge is 0.213 e. The van der Waals surface area contributed by atoms with Gasteiger partial charge >= 0.3 is 0 Å². The lowest BCUT2D eigenvalue weighted by molar-refractivity contribution is -0.105. The van der Waals surface area contributed by atoms with Crippen LogP contribution in [-0.2, 0) is 17.6 Å². The number of nitrogens with zero attached hydrogens (tertiary/aromatic N) is 2. The number of anilines is 1. The molecule has 0 fully saturated rings. The highest BCUT2D eigenvalue weighted by molar-refractivity contribution is 7.21. The zero-order chi connectivity index (χ0) is 14.3. The fourth-order valence-electron chi connectivity index (χ4n) is 2.86. The molecule has 0 aliphatic heterocycles. The van der Waals surface area contributed by atoms with E-state index >= 15 is 0 Å². The largest absolute Gasteiger partial charge is 0.305 e. The average molecular weight is 289 g/mol. The van der Waals surface area contributed by atoms with E-state index in [1.807, 2.05) is 0 Å². The molecule has 0 spiro atoms. The van der Waals surface area contributed by atoms with E-state index in [1.54, 1.807) is 0 Å². The van der Waals surface area contributed by atoms with Crippen LogP contribution >= 0.6 is 11.3 Å². The monoisotopic (exact) mass is 289 g/mol. The van der Waals surface area contributed by atoms with Crippen LogP contribution in [0.25, 0.3) is 10.3 Å². The molecule has 2 aromatic rings. The number of hydrogen-bond acceptors (Lipinski definition) is 4. The Labute approximate surface area is 122 Å². The van der Waals surface area contributed by atoms with Crippen LogP contribution in [0.15, 0.2) is 6.07 Å². The van der Waals surface area contributed by atoms with Gasteiger partial charge in [0.2, 0.25) is 6.41 Å². The van der Waals surface area contributed by atoms with Gasteiger partial charge in [-0.2, -0.15) is 0 Å². The van der Waals surface area contributed by atoms with Crippen LogP contribution in [0.1, 0.15) is 38.4 Å². The molecule has 106 valence electrons. The van der Waals surface area contributed by atoms with Crippen LogP contribution in [0.3, 0.4) is 0 Å². The zero-order valence-corrected chi connectivity index (χ0v) is 12.9. The zero-order valence-electron chi connectivity index (χ0n) is 12.1. The van der Waals surface area contributed by atoms with Crippen molar-refractivity contribution in [3.63, 3.8) is 0 Å². The van der Waals surface area contributed by atoms with E-state index in [9.17, 15) is 4.79 Å². The van der Waals surface area contributed by atoms with Crippen molar-refractivity contribution in [1.82, 2.24) is 9.97 Å². The number of aromatic nitrogens is 2. The van der Waals surface area contributed by atoms with Crippen LogP contribution in [-0.4, -0.2) is 16.4 Å². The van der Waals surface area contributed by atoms with Crippen molar-refractivity contribution in [2.75, 3.05) is 5.32 Å². The second-order valence-electron chi connectivity index (χ2n) is 6.51. The minimum atomic E-state index is 0.332. The molecule has 0 saturated carbocycles. The van der Waals surface area contributed by atoms with E-state index in [-0.39, 0.29) is 0 Å². The van der Waals surface area contributed by atoms with Gasteiger partial charge in [-0.1, -0.05) is 32.1 Å². The molecule has 1 N–H and O–H groups in total. The number of carbonyl (C=O) groups is 1. The maximum Gasteiger partial charge on any atom is 0.213 e. The third-order valence-electron chi connectivity index (χ3n) is 4.16. The van der Waals surface area contributed by atoms with Crippen molar-refractivity contribution in [2.24, 2.45) is 11.3 Å². The number of nitrogens with one attached hydrogen (secondary N) is 1. The number of pyridine rings is 1. The Morgan fingerprint density at radius 3 is 2.90 bits per heavy atom. The van der Waals surface area contributed by atoms with E-state index in [4.69, 9.17) is 4.98 Å². The molecule has 0 radical (unpaired) electrons. The molecule has 1 atom stereocenters. The standard InChI is InChI=1S/C15H19N3OS/c1-15(2,3)10-4-5-11-9(6-10)7-12-13(17-11)20-14(18-12)16-8-19/h7-8,10H,4-6H2,1-3H3,(H,16,18,19). The molecule has 0 aromatic carbocycles. The van der Waals surface area contributed by atoms with Crippen molar-refractivity contribution in [1.29, 1.82) is 0 Å². The Morgan fingerprint density at radius 2 is 2.20 bits per heavy atom. The predicted molar refractivity (Wildman–Crippen MR) is 82.1 cm³/mol. The van der Waals surface area contributed by atoms with E-state index in [2.05, 4.69) is 37.1 Å². The highest BCUT2D eigenvalue weighted by Crippen LogP contribution is 2.38. The lowest BCUT2D eigenvalue weighted by Crippen LogP contribution is -2.27. The Kier molecular flexibility index (Phi) is 3.24. The first-order valence-corrected chi connectivity index (χ1v) is 7.78. The first kappa shape index (κ1) is 13.5. The molecule has 1 aliphatic rings. The molecular weight excluding hydrogens is 270 g/mol. The summed E-state index contributed by atoms with van der Waals surface area (Å²) >= 11 is 1.44. The third kappa shape index (κ3) is 2.42. The Bertz CT molecular complexity index is 657. The van der Waals surface area contributed by atoms with Gasteiger partial charge in [0.05, 0.1) is 0 Å². The summed E-state index contributed by atoms with van der Waals surface area (Å²) < 4.78 is 0. The molecule has 5 heteroatoms. The topological polar surface area (TPSA) is 54.9 Å². The fraction of sp³-hybridized carbons (Fsp3) is 0.533. The van der Waals surface area contributed by atoms with Crippen molar-refractivity contribution in [3.8, 4) is 0 Å². The van der Waals surface area contributed by atoms with E-state index in [0.29, 0.717) is 22.9 Å². The first-order valence-electron chi connectivity index (χ1n) is 6.97. The summed E-state index contributed by atoms with van der Waals surface area (Å²) in [5.41, 5.74) is 3.76. The van der Waals surface area contributed by atoms with Crippen LogP contribution in [0.4, 0.5) is 5.13 Å². The highest BCUT2D eigenvalue weighted by atomic mass is 32.1. The summed E-state index contributed by atoms with van der Waals surface area (Å²) in [5.74, 6) is 0.695. The van der Waals surface area contributed by atoms with E-state index in [1.165, 1.54) is 29.0 Å². The van der Waals surface area contributed by atoms with Crippen molar-refractivity contribution < 1.29 is 4.79 Å². The molecule has 1 amide bonds. The molecule has 2 heterocycles. The van der Waals surface area contributed by atoms with Crippen LogP contribution in [0.5, 0.6) is 0 Å². The summed E-state index contributed by atoms with van der Waals surface area (Å²) in [6.45, 7) is 6.93. The average Bonchev–Trinajstić information content (AvgIpc) is 2.75. The normalized spacial score (nSPS) is 18.9.